The summed E-state index contributed by atoms with van der Waals surface area (Å²) in [5, 5.41) is 3.34. The molecule has 1 heterocycles. The van der Waals surface area contributed by atoms with Crippen molar-refractivity contribution in [3.05, 3.63) is 89.0 Å². The van der Waals surface area contributed by atoms with Crippen LogP contribution in [0.15, 0.2) is 77.2 Å². The van der Waals surface area contributed by atoms with E-state index in [1.54, 1.807) is 24.3 Å². The minimum absolute atomic E-state index is 0.231. The maximum absolute atomic E-state index is 12.2. The number of hydrogen-bond acceptors (Lipinski definition) is 3. The van der Waals surface area contributed by atoms with Crippen LogP contribution in [0.2, 0.25) is 5.02 Å². The van der Waals surface area contributed by atoms with E-state index in [2.05, 4.69) is 10.3 Å². The summed E-state index contributed by atoms with van der Waals surface area (Å²) in [7, 11) is 0. The number of nitrogens with one attached hydrogen (secondary N) is 1. The van der Waals surface area contributed by atoms with Crippen molar-refractivity contribution in [2.45, 2.75) is 6.92 Å². The molecule has 0 bridgehead atoms. The molecule has 4 aromatic rings. The molecule has 0 aliphatic heterocycles. The van der Waals surface area contributed by atoms with Gasteiger partial charge in [0.15, 0.2) is 5.58 Å². The lowest BCUT2D eigenvalue weighted by atomic mass is 10.2. The number of hydrogen-bond donors (Lipinski definition) is 1. The quantitative estimate of drug-likeness (QED) is 0.429. The van der Waals surface area contributed by atoms with Crippen LogP contribution in [0.25, 0.3) is 28.6 Å². The second-order valence-electron chi connectivity index (χ2n) is 6.42. The Hall–Kier alpha value is -3.37. The van der Waals surface area contributed by atoms with E-state index in [-0.39, 0.29) is 5.91 Å². The highest BCUT2D eigenvalue weighted by molar-refractivity contribution is 6.33. The summed E-state index contributed by atoms with van der Waals surface area (Å²) < 4.78 is 5.86. The van der Waals surface area contributed by atoms with E-state index in [1.165, 1.54) is 6.08 Å². The lowest BCUT2D eigenvalue weighted by molar-refractivity contribution is -0.111. The molecule has 1 N–H and O–H groups in total. The molecule has 4 rings (SSSR count). The summed E-state index contributed by atoms with van der Waals surface area (Å²) in [6.07, 6.45) is 3.25. The van der Waals surface area contributed by atoms with Gasteiger partial charge in [0.1, 0.15) is 5.52 Å². The van der Waals surface area contributed by atoms with Crippen molar-refractivity contribution >= 4 is 40.4 Å². The molecule has 1 aromatic heterocycles. The number of amides is 1. The van der Waals surface area contributed by atoms with Gasteiger partial charge in [-0.1, -0.05) is 48.0 Å². The summed E-state index contributed by atoms with van der Waals surface area (Å²) in [4.78, 5) is 16.7. The van der Waals surface area contributed by atoms with Crippen LogP contribution in [0, 0.1) is 6.92 Å². The maximum Gasteiger partial charge on any atom is 0.248 e. The van der Waals surface area contributed by atoms with Gasteiger partial charge in [0, 0.05) is 11.8 Å². The van der Waals surface area contributed by atoms with Crippen molar-refractivity contribution in [2.24, 2.45) is 0 Å². The van der Waals surface area contributed by atoms with Crippen molar-refractivity contribution in [1.29, 1.82) is 0 Å². The SMILES string of the molecule is Cc1ccc2nc(-c3cc(NC(=O)C=Cc4ccccc4)ccc3Cl)oc2c1. The highest BCUT2D eigenvalue weighted by Crippen LogP contribution is 2.32. The third kappa shape index (κ3) is 3.97. The van der Waals surface area contributed by atoms with Gasteiger partial charge in [-0.2, -0.15) is 0 Å². The Morgan fingerprint density at radius 2 is 1.89 bits per heavy atom. The number of aromatic nitrogens is 1. The average Bonchev–Trinajstić information content (AvgIpc) is 3.11. The summed E-state index contributed by atoms with van der Waals surface area (Å²) >= 11 is 6.34. The smallest absolute Gasteiger partial charge is 0.248 e. The Morgan fingerprint density at radius 3 is 2.71 bits per heavy atom. The van der Waals surface area contributed by atoms with Crippen molar-refractivity contribution in [3.63, 3.8) is 0 Å². The van der Waals surface area contributed by atoms with E-state index in [0.29, 0.717) is 27.7 Å². The molecule has 5 heteroatoms. The van der Waals surface area contributed by atoms with Crippen molar-refractivity contribution in [1.82, 2.24) is 4.98 Å². The second kappa shape index (κ2) is 7.71. The fraction of sp³-hybridized carbons (Fsp3) is 0.0435. The van der Waals surface area contributed by atoms with Gasteiger partial charge in [0.2, 0.25) is 11.8 Å². The first-order valence-corrected chi connectivity index (χ1v) is 9.17. The van der Waals surface area contributed by atoms with Crippen molar-refractivity contribution < 1.29 is 9.21 Å². The van der Waals surface area contributed by atoms with Gasteiger partial charge in [-0.25, -0.2) is 4.98 Å². The fourth-order valence-corrected chi connectivity index (χ4v) is 3.03. The van der Waals surface area contributed by atoms with Gasteiger partial charge in [0.25, 0.3) is 0 Å². The number of nitrogens with zero attached hydrogens (tertiary/aromatic N) is 1. The monoisotopic (exact) mass is 388 g/mol. The summed E-state index contributed by atoms with van der Waals surface area (Å²) in [6.45, 7) is 1.99. The first kappa shape index (κ1) is 18.0. The predicted octanol–water partition coefficient (Wildman–Crippen LogP) is 6.11. The Morgan fingerprint density at radius 1 is 1.07 bits per heavy atom. The van der Waals surface area contributed by atoms with E-state index in [4.69, 9.17) is 16.0 Å². The first-order valence-electron chi connectivity index (χ1n) is 8.80. The largest absolute Gasteiger partial charge is 0.436 e. The molecule has 1 amide bonds. The van der Waals surface area contributed by atoms with E-state index >= 15 is 0 Å². The number of fused-ring (bicyclic) bond motifs is 1. The van der Waals surface area contributed by atoms with E-state index in [0.717, 1.165) is 16.6 Å². The Bertz CT molecular complexity index is 1180. The molecule has 0 aliphatic carbocycles. The van der Waals surface area contributed by atoms with Crippen LogP contribution in [-0.2, 0) is 4.79 Å². The highest BCUT2D eigenvalue weighted by atomic mass is 35.5. The van der Waals surface area contributed by atoms with E-state index < -0.39 is 0 Å². The second-order valence-corrected chi connectivity index (χ2v) is 6.83. The summed E-state index contributed by atoms with van der Waals surface area (Å²) in [6, 6.07) is 20.7. The minimum Gasteiger partial charge on any atom is -0.436 e. The maximum atomic E-state index is 12.2. The zero-order valence-electron chi connectivity index (χ0n) is 15.1. The number of carbonyl (C=O) groups is 1. The van der Waals surface area contributed by atoms with Gasteiger partial charge in [0.05, 0.1) is 10.6 Å². The summed E-state index contributed by atoms with van der Waals surface area (Å²) in [5.41, 5.74) is 4.74. The number of halogens is 1. The van der Waals surface area contributed by atoms with Gasteiger partial charge in [-0.15, -0.1) is 0 Å². The van der Waals surface area contributed by atoms with Crippen LogP contribution in [0.5, 0.6) is 0 Å². The number of rotatable bonds is 4. The number of aryl methyl sites for hydroxylation is 1. The molecule has 3 aromatic carbocycles. The number of oxazole rings is 1. The molecule has 4 nitrogen and oxygen atoms in total. The van der Waals surface area contributed by atoms with Crippen LogP contribution in [0.1, 0.15) is 11.1 Å². The fourth-order valence-electron chi connectivity index (χ4n) is 2.83. The van der Waals surface area contributed by atoms with Gasteiger partial charge in [-0.3, -0.25) is 4.79 Å². The molecule has 0 aliphatic rings. The van der Waals surface area contributed by atoms with Gasteiger partial charge >= 0.3 is 0 Å². The van der Waals surface area contributed by atoms with Crippen LogP contribution < -0.4 is 5.32 Å². The molecule has 0 atom stereocenters. The standard InChI is InChI=1S/C23H17ClN2O2/c1-15-7-11-20-21(13-15)28-23(26-20)18-14-17(9-10-19(18)24)25-22(27)12-8-16-5-3-2-4-6-16/h2-14H,1H3,(H,25,27). The van der Waals surface area contributed by atoms with Crippen LogP contribution in [-0.4, -0.2) is 10.9 Å². The first-order chi connectivity index (χ1) is 13.6. The molecule has 138 valence electrons. The van der Waals surface area contributed by atoms with E-state index in [1.807, 2.05) is 55.5 Å². The molecule has 0 spiro atoms. The molecule has 0 fully saturated rings. The molecule has 0 saturated carbocycles. The zero-order chi connectivity index (χ0) is 19.5. The zero-order valence-corrected chi connectivity index (χ0v) is 15.9. The predicted molar refractivity (Wildman–Crippen MR) is 113 cm³/mol. The van der Waals surface area contributed by atoms with Crippen molar-refractivity contribution in [3.8, 4) is 11.5 Å². The van der Waals surface area contributed by atoms with E-state index in [9.17, 15) is 4.79 Å². The van der Waals surface area contributed by atoms with Gasteiger partial charge < -0.3 is 9.73 Å². The lowest BCUT2D eigenvalue weighted by Gasteiger charge is -2.05. The Balaban J connectivity index is 1.58. The number of benzene rings is 3. The minimum atomic E-state index is -0.231. The number of anilines is 1. The average molecular weight is 389 g/mol. The Labute approximate surface area is 167 Å². The third-order valence-corrected chi connectivity index (χ3v) is 4.56. The summed E-state index contributed by atoms with van der Waals surface area (Å²) in [5.74, 6) is 0.187. The normalized spacial score (nSPS) is 11.2. The van der Waals surface area contributed by atoms with Crippen molar-refractivity contribution in [2.75, 3.05) is 5.32 Å². The molecule has 0 unspecified atom stereocenters. The number of carbonyl (C=O) groups excluding carboxylic acids is 1. The van der Waals surface area contributed by atoms with Gasteiger partial charge in [-0.05, 0) is 54.5 Å². The highest BCUT2D eigenvalue weighted by Gasteiger charge is 2.13. The van der Waals surface area contributed by atoms with Crippen LogP contribution >= 0.6 is 11.6 Å². The third-order valence-electron chi connectivity index (χ3n) is 4.23. The Kier molecular flexibility index (Phi) is 4.96. The van der Waals surface area contributed by atoms with Crippen LogP contribution in [0.3, 0.4) is 0 Å². The van der Waals surface area contributed by atoms with Crippen LogP contribution in [0.4, 0.5) is 5.69 Å². The molecular weight excluding hydrogens is 372 g/mol. The molecule has 0 saturated heterocycles. The molecule has 0 radical (unpaired) electrons. The lowest BCUT2D eigenvalue weighted by Crippen LogP contribution is -2.07. The molecule has 28 heavy (non-hydrogen) atoms. The topological polar surface area (TPSA) is 55.1 Å². The molecular formula is C23H17ClN2O2.